The summed E-state index contributed by atoms with van der Waals surface area (Å²) in [5.41, 5.74) is 0.731. The van der Waals surface area contributed by atoms with Crippen LogP contribution in [0.1, 0.15) is 37.7 Å². The number of carbonyl (C=O) groups excluding carboxylic acids is 1. The van der Waals surface area contributed by atoms with Crippen LogP contribution in [0.3, 0.4) is 0 Å². The first kappa shape index (κ1) is 19.0. The van der Waals surface area contributed by atoms with Gasteiger partial charge in [-0.15, -0.1) is 0 Å². The molecule has 2 atom stereocenters. The minimum atomic E-state index is -0.587. The Kier molecular flexibility index (Phi) is 5.48. The van der Waals surface area contributed by atoms with Crippen molar-refractivity contribution in [3.05, 3.63) is 23.8 Å². The lowest BCUT2D eigenvalue weighted by molar-refractivity contribution is 0.0260. The van der Waals surface area contributed by atoms with E-state index in [0.717, 1.165) is 39.2 Å². The summed E-state index contributed by atoms with van der Waals surface area (Å²) in [7, 11) is 1.51. The van der Waals surface area contributed by atoms with Crippen molar-refractivity contribution in [1.29, 1.82) is 0 Å². The van der Waals surface area contributed by atoms with E-state index >= 15 is 0 Å². The number of carbonyl (C=O) groups is 1. The summed E-state index contributed by atoms with van der Waals surface area (Å²) in [5, 5.41) is 2.46. The molecule has 2 aliphatic heterocycles. The van der Waals surface area contributed by atoms with Crippen LogP contribution in [0.5, 0.6) is 0 Å². The minimum Gasteiger partial charge on any atom is -0.376 e. The molecule has 1 N–H and O–H groups in total. The summed E-state index contributed by atoms with van der Waals surface area (Å²) in [6, 6.07) is 3.67. The summed E-state index contributed by atoms with van der Waals surface area (Å²) in [6.45, 7) is 10.7. The van der Waals surface area contributed by atoms with Crippen molar-refractivity contribution in [2.24, 2.45) is 5.41 Å². The molecule has 2 saturated heterocycles. The van der Waals surface area contributed by atoms with Gasteiger partial charge in [0.05, 0.1) is 18.4 Å². The smallest absolute Gasteiger partial charge is 0.269 e. The molecule has 0 radical (unpaired) electrons. The summed E-state index contributed by atoms with van der Waals surface area (Å²) in [4.78, 5) is 19.8. The van der Waals surface area contributed by atoms with Crippen molar-refractivity contribution in [1.82, 2.24) is 15.2 Å². The number of ether oxygens (including phenoxy) is 1. The maximum absolute atomic E-state index is 14.3. The number of piperazine rings is 1. The monoisotopic (exact) mass is 364 g/mol. The molecule has 0 spiro atoms. The van der Waals surface area contributed by atoms with Crippen LogP contribution in [0.25, 0.3) is 0 Å². The normalized spacial score (nSPS) is 24.7. The number of nitrogens with one attached hydrogen (secondary N) is 1. The van der Waals surface area contributed by atoms with Crippen molar-refractivity contribution in [2.45, 2.75) is 39.3 Å². The van der Waals surface area contributed by atoms with E-state index in [0.29, 0.717) is 17.8 Å². The average molecular weight is 364 g/mol. The second-order valence-electron chi connectivity index (χ2n) is 8.19. The van der Waals surface area contributed by atoms with E-state index in [9.17, 15) is 9.18 Å². The van der Waals surface area contributed by atoms with Crippen LogP contribution in [-0.2, 0) is 4.74 Å². The number of aromatic nitrogens is 1. The van der Waals surface area contributed by atoms with Gasteiger partial charge in [0.2, 0.25) is 5.95 Å². The first-order valence-corrected chi connectivity index (χ1v) is 9.29. The molecule has 0 bridgehead atoms. The molecule has 7 heteroatoms. The number of amides is 1. The zero-order valence-electron chi connectivity index (χ0n) is 16.1. The molecule has 2 fully saturated rings. The van der Waals surface area contributed by atoms with E-state index in [1.165, 1.54) is 7.05 Å². The van der Waals surface area contributed by atoms with Gasteiger partial charge in [-0.1, -0.05) is 20.8 Å². The first-order valence-electron chi connectivity index (χ1n) is 9.29. The molecule has 0 saturated carbocycles. The Balaban J connectivity index is 1.58. The number of hydrogen-bond acceptors (Lipinski definition) is 5. The van der Waals surface area contributed by atoms with Crippen molar-refractivity contribution < 1.29 is 13.9 Å². The second-order valence-corrected chi connectivity index (χ2v) is 8.19. The number of anilines is 1. The Labute approximate surface area is 154 Å². The highest BCUT2D eigenvalue weighted by atomic mass is 19.1. The SMILES string of the molecule is CNC(=O)c1ccc(N2CCN(C3COC(C(C)(C)C)C3)CC2)c(F)n1. The van der Waals surface area contributed by atoms with Crippen LogP contribution < -0.4 is 10.2 Å². The number of rotatable bonds is 3. The molecule has 1 aromatic heterocycles. The molecule has 0 aromatic carbocycles. The van der Waals surface area contributed by atoms with Crippen LogP contribution in [-0.4, -0.2) is 67.8 Å². The number of pyridine rings is 1. The number of nitrogens with zero attached hydrogens (tertiary/aromatic N) is 3. The largest absolute Gasteiger partial charge is 0.376 e. The number of hydrogen-bond donors (Lipinski definition) is 1. The Hall–Kier alpha value is -1.73. The summed E-state index contributed by atoms with van der Waals surface area (Å²) < 4.78 is 20.3. The molecule has 144 valence electrons. The van der Waals surface area contributed by atoms with Gasteiger partial charge in [-0.05, 0) is 24.0 Å². The van der Waals surface area contributed by atoms with Gasteiger partial charge < -0.3 is 15.0 Å². The maximum atomic E-state index is 14.3. The fourth-order valence-electron chi connectivity index (χ4n) is 3.71. The van der Waals surface area contributed by atoms with Crippen molar-refractivity contribution in [3.63, 3.8) is 0 Å². The van der Waals surface area contributed by atoms with Crippen LogP contribution in [0.15, 0.2) is 12.1 Å². The molecule has 2 aliphatic rings. The van der Waals surface area contributed by atoms with Crippen molar-refractivity contribution >= 4 is 11.6 Å². The third kappa shape index (κ3) is 3.99. The Morgan fingerprint density at radius 1 is 1.27 bits per heavy atom. The van der Waals surface area contributed by atoms with Crippen molar-refractivity contribution in [2.75, 3.05) is 44.7 Å². The predicted octanol–water partition coefficient (Wildman–Crippen LogP) is 1.91. The highest BCUT2D eigenvalue weighted by Crippen LogP contribution is 2.32. The van der Waals surface area contributed by atoms with Gasteiger partial charge in [0, 0.05) is 39.3 Å². The topological polar surface area (TPSA) is 57.7 Å². The quantitative estimate of drug-likeness (QED) is 0.831. The van der Waals surface area contributed by atoms with Crippen molar-refractivity contribution in [3.8, 4) is 0 Å². The third-order valence-electron chi connectivity index (χ3n) is 5.40. The van der Waals surface area contributed by atoms with E-state index in [4.69, 9.17) is 4.74 Å². The zero-order chi connectivity index (χ0) is 18.9. The average Bonchev–Trinajstić information content (AvgIpc) is 3.11. The molecular formula is C19H29FN4O2. The zero-order valence-corrected chi connectivity index (χ0v) is 16.1. The van der Waals surface area contributed by atoms with Gasteiger partial charge in [-0.25, -0.2) is 4.98 Å². The van der Waals surface area contributed by atoms with Gasteiger partial charge in [-0.3, -0.25) is 9.69 Å². The molecule has 3 rings (SSSR count). The summed E-state index contributed by atoms with van der Waals surface area (Å²) >= 11 is 0. The predicted molar refractivity (Wildman–Crippen MR) is 99.0 cm³/mol. The molecule has 26 heavy (non-hydrogen) atoms. The summed E-state index contributed by atoms with van der Waals surface area (Å²) in [5.74, 6) is -0.966. The highest BCUT2D eigenvalue weighted by molar-refractivity contribution is 5.92. The van der Waals surface area contributed by atoms with Crippen LogP contribution in [0.4, 0.5) is 10.1 Å². The van der Waals surface area contributed by atoms with Gasteiger partial charge in [-0.2, -0.15) is 4.39 Å². The van der Waals surface area contributed by atoms with Gasteiger partial charge in [0.1, 0.15) is 5.69 Å². The lowest BCUT2D eigenvalue weighted by Crippen LogP contribution is -2.51. The molecule has 1 amide bonds. The van der Waals surface area contributed by atoms with Gasteiger partial charge in [0.15, 0.2) is 0 Å². The van der Waals surface area contributed by atoms with Crippen LogP contribution in [0, 0.1) is 11.4 Å². The fraction of sp³-hybridized carbons (Fsp3) is 0.684. The Morgan fingerprint density at radius 3 is 2.50 bits per heavy atom. The Morgan fingerprint density at radius 2 is 1.96 bits per heavy atom. The minimum absolute atomic E-state index is 0.101. The standard InChI is InChI=1S/C19H29FN4O2/c1-19(2,3)16-11-13(12-26-16)23-7-9-24(10-8-23)15-6-5-14(18(25)21-4)22-17(15)20/h5-6,13,16H,7-12H2,1-4H3,(H,21,25). The molecular weight excluding hydrogens is 335 g/mol. The van der Waals surface area contributed by atoms with E-state index in [1.54, 1.807) is 12.1 Å². The van der Waals surface area contributed by atoms with Crippen LogP contribution >= 0.6 is 0 Å². The van der Waals surface area contributed by atoms with E-state index in [2.05, 4.69) is 36.0 Å². The van der Waals surface area contributed by atoms with Gasteiger partial charge >= 0.3 is 0 Å². The van der Waals surface area contributed by atoms with Crippen LogP contribution in [0.2, 0.25) is 0 Å². The van der Waals surface area contributed by atoms with Gasteiger partial charge in [0.25, 0.3) is 5.91 Å². The molecule has 0 aliphatic carbocycles. The molecule has 2 unspecified atom stereocenters. The first-order chi connectivity index (χ1) is 12.3. The molecule has 3 heterocycles. The summed E-state index contributed by atoms with van der Waals surface area (Å²) in [6.07, 6.45) is 1.35. The third-order valence-corrected chi connectivity index (χ3v) is 5.40. The lowest BCUT2D eigenvalue weighted by atomic mass is 9.86. The maximum Gasteiger partial charge on any atom is 0.269 e. The fourth-order valence-corrected chi connectivity index (χ4v) is 3.71. The molecule has 6 nitrogen and oxygen atoms in total. The van der Waals surface area contributed by atoms with E-state index in [1.807, 2.05) is 4.90 Å². The van der Waals surface area contributed by atoms with E-state index < -0.39 is 5.95 Å². The number of halogens is 1. The highest BCUT2D eigenvalue weighted by Gasteiger charge is 2.37. The Bertz CT molecular complexity index is 653. The second kappa shape index (κ2) is 7.48. The lowest BCUT2D eigenvalue weighted by Gasteiger charge is -2.38. The van der Waals surface area contributed by atoms with E-state index in [-0.39, 0.29) is 17.0 Å². The molecule has 1 aromatic rings.